The van der Waals surface area contributed by atoms with E-state index in [0.717, 1.165) is 6.07 Å². The fourth-order valence-corrected chi connectivity index (χ4v) is 2.94. The number of ketones is 1. The number of aromatic nitrogens is 1. The Morgan fingerprint density at radius 2 is 2.00 bits per heavy atom. The van der Waals surface area contributed by atoms with E-state index >= 15 is 0 Å². The Morgan fingerprint density at radius 1 is 1.33 bits per heavy atom. The van der Waals surface area contributed by atoms with Crippen molar-refractivity contribution in [3.63, 3.8) is 0 Å². The van der Waals surface area contributed by atoms with Gasteiger partial charge >= 0.3 is 6.43 Å². The minimum absolute atomic E-state index is 0.128. The fourth-order valence-electron chi connectivity index (χ4n) is 2.61. The van der Waals surface area contributed by atoms with E-state index in [2.05, 4.69) is 15.9 Å². The number of benzene rings is 1. The van der Waals surface area contributed by atoms with Gasteiger partial charge in [0.2, 0.25) is 5.78 Å². The van der Waals surface area contributed by atoms with E-state index in [-0.39, 0.29) is 34.3 Å². The molecule has 21 heavy (non-hydrogen) atoms. The predicted octanol–water partition coefficient (Wildman–Crippen LogP) is 4.66. The summed E-state index contributed by atoms with van der Waals surface area (Å²) >= 11 is 3.03. The third kappa shape index (κ3) is 2.37. The first-order chi connectivity index (χ1) is 9.88. The molecule has 1 aliphatic carbocycles. The Labute approximate surface area is 125 Å². The van der Waals surface area contributed by atoms with Crippen LogP contribution in [0.15, 0.2) is 22.8 Å². The van der Waals surface area contributed by atoms with Crippen LogP contribution in [0.2, 0.25) is 0 Å². The van der Waals surface area contributed by atoms with Gasteiger partial charge in [-0.25, -0.2) is 17.6 Å². The second-order valence-electron chi connectivity index (χ2n) is 5.12. The molecule has 1 fully saturated rings. The van der Waals surface area contributed by atoms with Gasteiger partial charge in [0.15, 0.2) is 0 Å². The third-order valence-electron chi connectivity index (χ3n) is 3.79. The second kappa shape index (κ2) is 5.12. The van der Waals surface area contributed by atoms with Gasteiger partial charge in [-0.3, -0.25) is 4.79 Å². The lowest BCUT2D eigenvalue weighted by Crippen LogP contribution is -2.27. The Morgan fingerprint density at radius 3 is 2.57 bits per heavy atom. The average Bonchev–Trinajstić information content (AvgIpc) is 2.73. The van der Waals surface area contributed by atoms with Gasteiger partial charge < -0.3 is 4.57 Å². The highest BCUT2D eigenvalue weighted by molar-refractivity contribution is 9.10. The number of hydrogen-bond donors (Lipinski definition) is 0. The average molecular weight is 364 g/mol. The summed E-state index contributed by atoms with van der Waals surface area (Å²) < 4.78 is 53.8. The Balaban J connectivity index is 2.19. The van der Waals surface area contributed by atoms with Crippen molar-refractivity contribution in [3.8, 4) is 0 Å². The molecule has 0 bridgehead atoms. The first-order valence-electron chi connectivity index (χ1n) is 6.34. The lowest BCUT2D eigenvalue weighted by Gasteiger charge is -2.31. The van der Waals surface area contributed by atoms with Crippen LogP contribution in [0.25, 0.3) is 10.9 Å². The van der Waals surface area contributed by atoms with Gasteiger partial charge in [-0.2, -0.15) is 0 Å². The summed E-state index contributed by atoms with van der Waals surface area (Å²) in [6, 6.07) is 2.29. The van der Waals surface area contributed by atoms with Crippen molar-refractivity contribution in [2.75, 3.05) is 0 Å². The zero-order valence-corrected chi connectivity index (χ0v) is 12.2. The standard InChI is InChI=1S/C14H10BrF4NO/c15-10-4-12-8(3-11(10)17)9(13(21)14(18)19)5-20(12)7-1-6(16)2-7/h3-7,14H,1-2H2. The topological polar surface area (TPSA) is 22.0 Å². The van der Waals surface area contributed by atoms with Crippen molar-refractivity contribution in [2.24, 2.45) is 0 Å². The normalized spacial score (nSPS) is 21.8. The minimum atomic E-state index is -3.16. The van der Waals surface area contributed by atoms with Gasteiger partial charge in [-0.05, 0) is 40.9 Å². The zero-order chi connectivity index (χ0) is 15.3. The van der Waals surface area contributed by atoms with Crippen LogP contribution in [0, 0.1) is 5.82 Å². The van der Waals surface area contributed by atoms with E-state index in [4.69, 9.17) is 0 Å². The molecule has 0 saturated heterocycles. The molecule has 1 aliphatic rings. The Hall–Kier alpha value is -1.37. The van der Waals surface area contributed by atoms with Crippen molar-refractivity contribution in [3.05, 3.63) is 34.2 Å². The summed E-state index contributed by atoms with van der Waals surface area (Å²) in [5.41, 5.74) is 0.220. The highest BCUT2D eigenvalue weighted by Gasteiger charge is 2.33. The summed E-state index contributed by atoms with van der Waals surface area (Å²) in [5.74, 6) is -1.99. The van der Waals surface area contributed by atoms with Gasteiger partial charge in [0.1, 0.15) is 12.0 Å². The Kier molecular flexibility index (Phi) is 3.55. The number of nitrogens with zero attached hydrogens (tertiary/aromatic N) is 1. The van der Waals surface area contributed by atoms with E-state index in [0.29, 0.717) is 5.52 Å². The number of carbonyl (C=O) groups is 1. The molecule has 1 heterocycles. The maximum Gasteiger partial charge on any atom is 0.300 e. The molecule has 112 valence electrons. The smallest absolute Gasteiger partial charge is 0.300 e. The number of rotatable bonds is 3. The summed E-state index contributed by atoms with van der Waals surface area (Å²) in [6.45, 7) is 0. The fraction of sp³-hybridized carbons (Fsp3) is 0.357. The van der Waals surface area contributed by atoms with Crippen LogP contribution < -0.4 is 0 Å². The van der Waals surface area contributed by atoms with Gasteiger partial charge in [0.05, 0.1) is 9.99 Å². The van der Waals surface area contributed by atoms with Crippen LogP contribution in [0.5, 0.6) is 0 Å². The number of alkyl halides is 3. The molecule has 0 unspecified atom stereocenters. The molecule has 2 aromatic rings. The van der Waals surface area contributed by atoms with Crippen LogP contribution in [0.1, 0.15) is 29.2 Å². The molecule has 0 N–H and O–H groups in total. The molecule has 1 aromatic carbocycles. The van der Waals surface area contributed by atoms with Gasteiger partial charge in [0, 0.05) is 23.2 Å². The zero-order valence-electron chi connectivity index (χ0n) is 10.6. The molecule has 7 heteroatoms. The minimum Gasteiger partial charge on any atom is -0.343 e. The molecule has 0 amide bonds. The van der Waals surface area contributed by atoms with Crippen molar-refractivity contribution < 1.29 is 22.4 Å². The van der Waals surface area contributed by atoms with Gasteiger partial charge in [-0.1, -0.05) is 0 Å². The third-order valence-corrected chi connectivity index (χ3v) is 4.40. The molecular formula is C14H10BrF4NO. The van der Waals surface area contributed by atoms with E-state index in [9.17, 15) is 22.4 Å². The Bertz CT molecular complexity index is 721. The maximum atomic E-state index is 13.6. The van der Waals surface area contributed by atoms with E-state index < -0.39 is 24.2 Å². The molecule has 0 radical (unpaired) electrons. The number of halogens is 5. The summed E-state index contributed by atoms with van der Waals surface area (Å²) in [6.07, 6.45) is -2.28. The lowest BCUT2D eigenvalue weighted by molar-refractivity contribution is 0.0680. The highest BCUT2D eigenvalue weighted by Crippen LogP contribution is 2.39. The summed E-state index contributed by atoms with van der Waals surface area (Å²) in [7, 11) is 0. The van der Waals surface area contributed by atoms with Crippen molar-refractivity contribution in [1.29, 1.82) is 0 Å². The van der Waals surface area contributed by atoms with E-state index in [1.165, 1.54) is 12.3 Å². The number of Topliss-reactive ketones (excluding diaryl/α,β-unsaturated/α-hetero) is 1. The monoisotopic (exact) mass is 363 g/mol. The number of carbonyl (C=O) groups excluding carboxylic acids is 1. The molecule has 2 nitrogen and oxygen atoms in total. The van der Waals surface area contributed by atoms with Gasteiger partial charge in [-0.15, -0.1) is 0 Å². The summed E-state index contributed by atoms with van der Waals surface area (Å²) in [5, 5.41) is 0.128. The largest absolute Gasteiger partial charge is 0.343 e. The van der Waals surface area contributed by atoms with Crippen molar-refractivity contribution in [2.45, 2.75) is 31.5 Å². The molecule has 1 aromatic heterocycles. The first-order valence-corrected chi connectivity index (χ1v) is 7.13. The second-order valence-corrected chi connectivity index (χ2v) is 5.98. The van der Waals surface area contributed by atoms with Crippen LogP contribution in [-0.4, -0.2) is 22.9 Å². The lowest BCUT2D eigenvalue weighted by atomic mass is 9.90. The van der Waals surface area contributed by atoms with Crippen LogP contribution >= 0.6 is 15.9 Å². The van der Waals surface area contributed by atoms with Crippen LogP contribution in [-0.2, 0) is 0 Å². The van der Waals surface area contributed by atoms with Gasteiger partial charge in [0.25, 0.3) is 0 Å². The van der Waals surface area contributed by atoms with E-state index in [1.54, 1.807) is 4.57 Å². The molecule has 3 rings (SSSR count). The van der Waals surface area contributed by atoms with Crippen molar-refractivity contribution >= 4 is 32.6 Å². The molecule has 0 aliphatic heterocycles. The van der Waals surface area contributed by atoms with E-state index in [1.807, 2.05) is 0 Å². The van der Waals surface area contributed by atoms with Crippen LogP contribution in [0.3, 0.4) is 0 Å². The van der Waals surface area contributed by atoms with Crippen LogP contribution in [0.4, 0.5) is 17.6 Å². The predicted molar refractivity (Wildman–Crippen MR) is 73.1 cm³/mol. The maximum absolute atomic E-state index is 13.6. The highest BCUT2D eigenvalue weighted by atomic mass is 79.9. The SMILES string of the molecule is O=C(c1cn(C2CC(F)C2)c2cc(Br)c(F)cc12)C(F)F. The van der Waals surface area contributed by atoms with Crippen molar-refractivity contribution in [1.82, 2.24) is 4.57 Å². The number of fused-ring (bicyclic) bond motifs is 1. The number of hydrogen-bond acceptors (Lipinski definition) is 1. The quantitative estimate of drug-likeness (QED) is 0.574. The molecule has 0 atom stereocenters. The first kappa shape index (κ1) is 14.6. The molecule has 0 spiro atoms. The molecule has 1 saturated carbocycles. The summed E-state index contributed by atoms with van der Waals surface area (Å²) in [4.78, 5) is 11.6. The molecular weight excluding hydrogens is 354 g/mol.